The highest BCUT2D eigenvalue weighted by molar-refractivity contribution is 5.79. The molecule has 18 heavy (non-hydrogen) atoms. The van der Waals surface area contributed by atoms with Gasteiger partial charge in [-0.2, -0.15) is 0 Å². The fraction of sp³-hybridized carbons (Fsp3) is 0.933. The van der Waals surface area contributed by atoms with E-state index in [1.165, 1.54) is 12.8 Å². The van der Waals surface area contributed by atoms with Crippen LogP contribution in [0.2, 0.25) is 0 Å². The molecular formula is C15H27NO2. The molecule has 3 heteroatoms. The van der Waals surface area contributed by atoms with Crippen LogP contribution in [-0.2, 0) is 4.79 Å². The highest BCUT2D eigenvalue weighted by atomic mass is 16.3. The quantitative estimate of drug-likeness (QED) is 0.795. The average Bonchev–Trinajstić information content (AvgIpc) is 2.33. The van der Waals surface area contributed by atoms with E-state index in [1.807, 2.05) is 0 Å². The summed E-state index contributed by atoms with van der Waals surface area (Å²) in [5.74, 6) is 0.370. The monoisotopic (exact) mass is 253 g/mol. The standard InChI is InChI=1S/C15H27NO2/c1-15(2)9-7-12(8-10-15)16-14(18)11-3-5-13(17)6-4-11/h11-13,17H,3-10H2,1-2H3,(H,16,18). The van der Waals surface area contributed by atoms with E-state index in [-0.39, 0.29) is 17.9 Å². The zero-order chi connectivity index (χ0) is 13.2. The Morgan fingerprint density at radius 2 is 1.61 bits per heavy atom. The first kappa shape index (κ1) is 13.9. The fourth-order valence-electron chi connectivity index (χ4n) is 3.20. The third-order valence-electron chi connectivity index (χ3n) is 4.75. The van der Waals surface area contributed by atoms with Crippen molar-refractivity contribution >= 4 is 5.91 Å². The van der Waals surface area contributed by atoms with Crippen molar-refractivity contribution in [1.82, 2.24) is 5.32 Å². The van der Waals surface area contributed by atoms with Gasteiger partial charge in [-0.05, 0) is 56.8 Å². The average molecular weight is 253 g/mol. The van der Waals surface area contributed by atoms with E-state index in [1.54, 1.807) is 0 Å². The second-order valence-electron chi connectivity index (χ2n) is 6.95. The molecule has 0 saturated heterocycles. The predicted molar refractivity (Wildman–Crippen MR) is 72.1 cm³/mol. The minimum atomic E-state index is -0.176. The highest BCUT2D eigenvalue weighted by Crippen LogP contribution is 2.35. The van der Waals surface area contributed by atoms with Crippen molar-refractivity contribution in [3.63, 3.8) is 0 Å². The van der Waals surface area contributed by atoms with Crippen LogP contribution in [0.5, 0.6) is 0 Å². The first-order chi connectivity index (χ1) is 8.46. The number of aliphatic hydroxyl groups excluding tert-OH is 1. The van der Waals surface area contributed by atoms with E-state index in [2.05, 4.69) is 19.2 Å². The highest BCUT2D eigenvalue weighted by Gasteiger charge is 2.30. The number of rotatable bonds is 2. The van der Waals surface area contributed by atoms with Gasteiger partial charge < -0.3 is 10.4 Å². The number of carbonyl (C=O) groups excluding carboxylic acids is 1. The molecule has 2 aliphatic carbocycles. The second-order valence-corrected chi connectivity index (χ2v) is 6.95. The zero-order valence-electron chi connectivity index (χ0n) is 11.7. The summed E-state index contributed by atoms with van der Waals surface area (Å²) in [4.78, 5) is 12.1. The van der Waals surface area contributed by atoms with Crippen LogP contribution in [0.25, 0.3) is 0 Å². The molecule has 0 unspecified atom stereocenters. The van der Waals surface area contributed by atoms with E-state index in [4.69, 9.17) is 0 Å². The largest absolute Gasteiger partial charge is 0.393 e. The molecule has 0 atom stereocenters. The lowest BCUT2D eigenvalue weighted by atomic mass is 9.75. The Balaban J connectivity index is 1.75. The summed E-state index contributed by atoms with van der Waals surface area (Å²) in [6, 6.07) is 0.386. The normalized spacial score (nSPS) is 33.1. The van der Waals surface area contributed by atoms with Crippen LogP contribution in [0.3, 0.4) is 0 Å². The van der Waals surface area contributed by atoms with Gasteiger partial charge in [0.1, 0.15) is 0 Å². The van der Waals surface area contributed by atoms with Crippen LogP contribution >= 0.6 is 0 Å². The zero-order valence-corrected chi connectivity index (χ0v) is 11.7. The summed E-state index contributed by atoms with van der Waals surface area (Å²) in [7, 11) is 0. The number of amides is 1. The number of hydrogen-bond donors (Lipinski definition) is 2. The third kappa shape index (κ3) is 3.71. The summed E-state index contributed by atoms with van der Waals surface area (Å²) in [6.45, 7) is 4.63. The van der Waals surface area contributed by atoms with Gasteiger partial charge in [0.25, 0.3) is 0 Å². The van der Waals surface area contributed by atoms with Gasteiger partial charge in [-0.25, -0.2) is 0 Å². The smallest absolute Gasteiger partial charge is 0.223 e. The Morgan fingerprint density at radius 1 is 1.06 bits per heavy atom. The van der Waals surface area contributed by atoms with Gasteiger partial charge in [-0.15, -0.1) is 0 Å². The first-order valence-electron chi connectivity index (χ1n) is 7.45. The van der Waals surface area contributed by atoms with Gasteiger partial charge in [0, 0.05) is 12.0 Å². The van der Waals surface area contributed by atoms with Crippen molar-refractivity contribution in [3.8, 4) is 0 Å². The molecule has 2 fully saturated rings. The third-order valence-corrected chi connectivity index (χ3v) is 4.75. The van der Waals surface area contributed by atoms with E-state index < -0.39 is 0 Å². The van der Waals surface area contributed by atoms with Gasteiger partial charge in [0.2, 0.25) is 5.91 Å². The molecule has 0 radical (unpaired) electrons. The molecule has 0 spiro atoms. The van der Waals surface area contributed by atoms with Crippen molar-refractivity contribution in [1.29, 1.82) is 0 Å². The van der Waals surface area contributed by atoms with E-state index in [9.17, 15) is 9.90 Å². The molecule has 3 nitrogen and oxygen atoms in total. The lowest BCUT2D eigenvalue weighted by molar-refractivity contribution is -0.127. The summed E-state index contributed by atoms with van der Waals surface area (Å²) >= 11 is 0. The topological polar surface area (TPSA) is 49.3 Å². The van der Waals surface area contributed by atoms with Gasteiger partial charge in [0.15, 0.2) is 0 Å². The molecule has 2 N–H and O–H groups in total. The lowest BCUT2D eigenvalue weighted by Crippen LogP contribution is -2.43. The molecule has 0 aromatic rings. The minimum absolute atomic E-state index is 0.142. The predicted octanol–water partition coefficient (Wildman–Crippen LogP) is 2.62. The number of carbonyl (C=O) groups is 1. The van der Waals surface area contributed by atoms with Gasteiger partial charge >= 0.3 is 0 Å². The molecule has 1 amide bonds. The fourth-order valence-corrected chi connectivity index (χ4v) is 3.20. The minimum Gasteiger partial charge on any atom is -0.393 e. The van der Waals surface area contributed by atoms with Crippen molar-refractivity contribution in [2.24, 2.45) is 11.3 Å². The second kappa shape index (κ2) is 5.60. The Morgan fingerprint density at radius 3 is 2.17 bits per heavy atom. The van der Waals surface area contributed by atoms with Crippen LogP contribution in [0, 0.1) is 11.3 Å². The molecule has 2 rings (SSSR count). The summed E-state index contributed by atoms with van der Waals surface area (Å²) in [6.07, 6.45) is 7.76. The maximum absolute atomic E-state index is 12.1. The van der Waals surface area contributed by atoms with Crippen molar-refractivity contribution in [2.75, 3.05) is 0 Å². The molecular weight excluding hydrogens is 226 g/mol. The molecule has 0 aromatic carbocycles. The molecule has 0 aliphatic heterocycles. The summed E-state index contributed by atoms with van der Waals surface area (Å²) in [5, 5.41) is 12.7. The lowest BCUT2D eigenvalue weighted by Gasteiger charge is -2.35. The van der Waals surface area contributed by atoms with Crippen molar-refractivity contribution in [2.45, 2.75) is 77.4 Å². The van der Waals surface area contributed by atoms with Crippen molar-refractivity contribution in [3.05, 3.63) is 0 Å². The summed E-state index contributed by atoms with van der Waals surface area (Å²) in [5.41, 5.74) is 0.455. The number of nitrogens with one attached hydrogen (secondary N) is 1. The maximum Gasteiger partial charge on any atom is 0.223 e. The molecule has 0 aromatic heterocycles. The van der Waals surface area contributed by atoms with Gasteiger partial charge in [0.05, 0.1) is 6.10 Å². The molecule has 0 bridgehead atoms. The molecule has 0 heterocycles. The first-order valence-corrected chi connectivity index (χ1v) is 7.45. The molecule has 2 aliphatic rings. The Labute approximate surface area is 110 Å². The number of hydrogen-bond acceptors (Lipinski definition) is 2. The van der Waals surface area contributed by atoms with Crippen LogP contribution < -0.4 is 5.32 Å². The Kier molecular flexibility index (Phi) is 4.31. The van der Waals surface area contributed by atoms with Crippen LogP contribution in [0.4, 0.5) is 0 Å². The Hall–Kier alpha value is -0.570. The molecule has 104 valence electrons. The van der Waals surface area contributed by atoms with Crippen LogP contribution in [0.1, 0.15) is 65.2 Å². The van der Waals surface area contributed by atoms with E-state index in [0.717, 1.165) is 38.5 Å². The Bertz CT molecular complexity index is 283. The van der Waals surface area contributed by atoms with E-state index in [0.29, 0.717) is 11.5 Å². The SMILES string of the molecule is CC1(C)CCC(NC(=O)C2CCC(O)CC2)CC1. The summed E-state index contributed by atoms with van der Waals surface area (Å²) < 4.78 is 0. The van der Waals surface area contributed by atoms with Gasteiger partial charge in [-0.3, -0.25) is 4.79 Å². The van der Waals surface area contributed by atoms with Crippen molar-refractivity contribution < 1.29 is 9.90 Å². The maximum atomic E-state index is 12.1. The van der Waals surface area contributed by atoms with E-state index >= 15 is 0 Å². The van der Waals surface area contributed by atoms with Crippen LogP contribution in [-0.4, -0.2) is 23.2 Å². The van der Waals surface area contributed by atoms with Crippen LogP contribution in [0.15, 0.2) is 0 Å². The molecule has 2 saturated carbocycles. The van der Waals surface area contributed by atoms with Gasteiger partial charge in [-0.1, -0.05) is 13.8 Å². The number of aliphatic hydroxyl groups is 1.